The highest BCUT2D eigenvalue weighted by atomic mass is 16.3. The van der Waals surface area contributed by atoms with Crippen LogP contribution in [0.5, 0.6) is 0 Å². The van der Waals surface area contributed by atoms with Gasteiger partial charge in [0.2, 0.25) is 0 Å². The summed E-state index contributed by atoms with van der Waals surface area (Å²) >= 11 is 0. The summed E-state index contributed by atoms with van der Waals surface area (Å²) in [5, 5.41) is 9.77. The molecule has 0 aliphatic carbocycles. The Hall–Kier alpha value is -0.120. The second-order valence-corrected chi connectivity index (χ2v) is 5.30. The minimum Gasteiger partial charge on any atom is -0.389 e. The zero-order valence-corrected chi connectivity index (χ0v) is 9.66. The summed E-state index contributed by atoms with van der Waals surface area (Å²) in [6.07, 6.45) is 2.40. The second-order valence-electron chi connectivity index (χ2n) is 5.30. The molecular formula is C11H24N2O. The number of aliphatic hydroxyl groups is 1. The monoisotopic (exact) mass is 200 g/mol. The van der Waals surface area contributed by atoms with E-state index in [1.165, 1.54) is 12.8 Å². The van der Waals surface area contributed by atoms with Crippen LogP contribution in [0.1, 0.15) is 33.6 Å². The minimum absolute atomic E-state index is 0.463. The first-order valence-corrected chi connectivity index (χ1v) is 5.59. The molecule has 14 heavy (non-hydrogen) atoms. The minimum atomic E-state index is -0.603. The van der Waals surface area contributed by atoms with Crippen molar-refractivity contribution >= 4 is 0 Å². The summed E-state index contributed by atoms with van der Waals surface area (Å²) in [6.45, 7) is 8.52. The van der Waals surface area contributed by atoms with Crippen molar-refractivity contribution < 1.29 is 5.11 Å². The lowest BCUT2D eigenvalue weighted by Crippen LogP contribution is -2.51. The van der Waals surface area contributed by atoms with Gasteiger partial charge in [-0.25, -0.2) is 0 Å². The average Bonchev–Trinajstić information content (AvgIpc) is 2.06. The molecule has 3 heteroatoms. The van der Waals surface area contributed by atoms with Crippen LogP contribution in [0.15, 0.2) is 0 Å². The van der Waals surface area contributed by atoms with Crippen molar-refractivity contribution in [2.24, 2.45) is 11.7 Å². The fourth-order valence-corrected chi connectivity index (χ4v) is 2.25. The van der Waals surface area contributed by atoms with Gasteiger partial charge in [0, 0.05) is 19.1 Å². The van der Waals surface area contributed by atoms with E-state index in [-0.39, 0.29) is 0 Å². The van der Waals surface area contributed by atoms with Gasteiger partial charge >= 0.3 is 0 Å². The van der Waals surface area contributed by atoms with E-state index in [9.17, 15) is 5.11 Å². The third-order valence-electron chi connectivity index (χ3n) is 2.96. The molecular weight excluding hydrogens is 176 g/mol. The highest BCUT2D eigenvalue weighted by Crippen LogP contribution is 2.23. The number of piperidine rings is 1. The van der Waals surface area contributed by atoms with Gasteiger partial charge in [-0.2, -0.15) is 0 Å². The molecule has 84 valence electrons. The van der Waals surface area contributed by atoms with Gasteiger partial charge in [-0.15, -0.1) is 0 Å². The molecule has 1 fully saturated rings. The molecule has 1 heterocycles. The van der Waals surface area contributed by atoms with Crippen LogP contribution in [-0.4, -0.2) is 41.3 Å². The van der Waals surface area contributed by atoms with E-state index in [0.717, 1.165) is 19.0 Å². The van der Waals surface area contributed by atoms with Crippen LogP contribution in [0.3, 0.4) is 0 Å². The van der Waals surface area contributed by atoms with E-state index in [4.69, 9.17) is 5.73 Å². The molecule has 0 aromatic rings. The Labute approximate surface area is 87.3 Å². The van der Waals surface area contributed by atoms with Crippen LogP contribution in [0.2, 0.25) is 0 Å². The van der Waals surface area contributed by atoms with Crippen molar-refractivity contribution in [2.75, 3.05) is 19.6 Å². The molecule has 3 nitrogen and oxygen atoms in total. The van der Waals surface area contributed by atoms with Crippen molar-refractivity contribution in [3.63, 3.8) is 0 Å². The molecule has 2 unspecified atom stereocenters. The van der Waals surface area contributed by atoms with Gasteiger partial charge in [0.25, 0.3) is 0 Å². The van der Waals surface area contributed by atoms with E-state index in [1.807, 2.05) is 13.8 Å². The van der Waals surface area contributed by atoms with E-state index < -0.39 is 5.60 Å². The maximum Gasteiger partial charge on any atom is 0.0718 e. The van der Waals surface area contributed by atoms with Crippen LogP contribution >= 0.6 is 0 Å². The number of nitrogens with two attached hydrogens (primary N) is 1. The number of β-amino-alcohol motifs (C(OH)–C–C–N with tert-alkyl or cyclic N) is 1. The Bertz CT molecular complexity index is 177. The summed E-state index contributed by atoms with van der Waals surface area (Å²) in [5.41, 5.74) is 5.15. The zero-order valence-electron chi connectivity index (χ0n) is 9.66. The molecule has 0 aromatic carbocycles. The van der Waals surface area contributed by atoms with Gasteiger partial charge in [-0.05, 0) is 39.2 Å². The van der Waals surface area contributed by atoms with Gasteiger partial charge in [0.15, 0.2) is 0 Å². The van der Waals surface area contributed by atoms with Gasteiger partial charge in [-0.3, -0.25) is 4.90 Å². The van der Waals surface area contributed by atoms with Crippen LogP contribution in [0, 0.1) is 5.92 Å². The van der Waals surface area contributed by atoms with Crippen LogP contribution < -0.4 is 5.73 Å². The molecule has 3 N–H and O–H groups in total. The maximum absolute atomic E-state index is 9.77. The van der Waals surface area contributed by atoms with Crippen molar-refractivity contribution in [1.82, 2.24) is 4.90 Å². The van der Waals surface area contributed by atoms with Gasteiger partial charge in [0.1, 0.15) is 0 Å². The predicted octanol–water partition coefficient (Wildman–Crippen LogP) is 0.817. The molecule has 1 aliphatic heterocycles. The average molecular weight is 200 g/mol. The highest BCUT2D eigenvalue weighted by molar-refractivity contribution is 4.84. The molecule has 0 saturated carbocycles. The molecule has 1 rings (SSSR count). The fraction of sp³-hybridized carbons (Fsp3) is 1.00. The molecule has 0 bridgehead atoms. The normalized spacial score (nSPS) is 30.6. The van der Waals surface area contributed by atoms with Crippen molar-refractivity contribution in [2.45, 2.75) is 45.3 Å². The van der Waals surface area contributed by atoms with Gasteiger partial charge in [0.05, 0.1) is 5.60 Å². The standard InChI is InChI=1S/C11H24N2O/c1-9-4-5-13(8-11(2,3)14)10(6-9)7-12/h9-10,14H,4-8,12H2,1-3H3. The SMILES string of the molecule is CC1CCN(CC(C)(C)O)C(CN)C1. The fourth-order valence-electron chi connectivity index (χ4n) is 2.25. The first-order valence-electron chi connectivity index (χ1n) is 5.59. The molecule has 0 radical (unpaired) electrons. The number of rotatable bonds is 3. The third kappa shape index (κ3) is 3.56. The topological polar surface area (TPSA) is 49.5 Å². The molecule has 0 amide bonds. The van der Waals surface area contributed by atoms with E-state index in [2.05, 4.69) is 11.8 Å². The van der Waals surface area contributed by atoms with Crippen LogP contribution in [0.25, 0.3) is 0 Å². The van der Waals surface area contributed by atoms with Crippen LogP contribution in [-0.2, 0) is 0 Å². The highest BCUT2D eigenvalue weighted by Gasteiger charge is 2.28. The molecule has 2 atom stereocenters. The summed E-state index contributed by atoms with van der Waals surface area (Å²) in [5.74, 6) is 0.779. The lowest BCUT2D eigenvalue weighted by atomic mass is 9.91. The Kier molecular flexibility index (Phi) is 3.93. The maximum atomic E-state index is 9.77. The number of nitrogens with zero attached hydrogens (tertiary/aromatic N) is 1. The molecule has 0 spiro atoms. The van der Waals surface area contributed by atoms with Gasteiger partial charge in [-0.1, -0.05) is 6.92 Å². The molecule has 1 aliphatic rings. The third-order valence-corrected chi connectivity index (χ3v) is 2.96. The summed E-state index contributed by atoms with van der Waals surface area (Å²) in [7, 11) is 0. The number of likely N-dealkylation sites (tertiary alicyclic amines) is 1. The molecule has 0 aromatic heterocycles. The largest absolute Gasteiger partial charge is 0.389 e. The van der Waals surface area contributed by atoms with E-state index >= 15 is 0 Å². The zero-order chi connectivity index (χ0) is 10.8. The lowest BCUT2D eigenvalue weighted by Gasteiger charge is -2.40. The van der Waals surface area contributed by atoms with Gasteiger partial charge < -0.3 is 10.8 Å². The van der Waals surface area contributed by atoms with E-state index in [0.29, 0.717) is 12.6 Å². The van der Waals surface area contributed by atoms with Crippen molar-refractivity contribution in [1.29, 1.82) is 0 Å². The molecule has 1 saturated heterocycles. The smallest absolute Gasteiger partial charge is 0.0718 e. The number of hydrogen-bond acceptors (Lipinski definition) is 3. The van der Waals surface area contributed by atoms with Crippen molar-refractivity contribution in [3.8, 4) is 0 Å². The quantitative estimate of drug-likeness (QED) is 0.709. The first-order chi connectivity index (χ1) is 6.42. The van der Waals surface area contributed by atoms with E-state index in [1.54, 1.807) is 0 Å². The number of hydrogen-bond donors (Lipinski definition) is 2. The Morgan fingerprint density at radius 1 is 1.50 bits per heavy atom. The predicted molar refractivity (Wildman–Crippen MR) is 59.1 cm³/mol. The Morgan fingerprint density at radius 2 is 2.14 bits per heavy atom. The Balaban J connectivity index is 2.50. The van der Waals surface area contributed by atoms with Crippen LogP contribution in [0.4, 0.5) is 0 Å². The first kappa shape index (κ1) is 12.0. The summed E-state index contributed by atoms with van der Waals surface area (Å²) in [4.78, 5) is 2.33. The summed E-state index contributed by atoms with van der Waals surface area (Å²) in [6, 6.07) is 0.463. The Morgan fingerprint density at radius 3 is 2.64 bits per heavy atom. The van der Waals surface area contributed by atoms with Crippen molar-refractivity contribution in [3.05, 3.63) is 0 Å². The second kappa shape index (κ2) is 4.60. The summed E-state index contributed by atoms with van der Waals surface area (Å²) < 4.78 is 0. The lowest BCUT2D eigenvalue weighted by molar-refractivity contribution is 0.00460.